The second-order valence-corrected chi connectivity index (χ2v) is 9.81. The summed E-state index contributed by atoms with van der Waals surface area (Å²) in [6.45, 7) is 3.74. The van der Waals surface area contributed by atoms with Crippen LogP contribution in [0, 0.1) is 10.8 Å². The average Bonchev–Trinajstić information content (AvgIpc) is 3.13. The lowest BCUT2D eigenvalue weighted by atomic mass is 10.0. The highest BCUT2D eigenvalue weighted by Gasteiger charge is 2.64. The number of rotatable bonds is 13. The van der Waals surface area contributed by atoms with Gasteiger partial charge < -0.3 is 30.7 Å². The van der Waals surface area contributed by atoms with Crippen LogP contribution >= 0.6 is 11.3 Å². The molecule has 5 N–H and O–H groups in total. The molecule has 2 heterocycles. The van der Waals surface area contributed by atoms with Crippen molar-refractivity contribution in [3.8, 4) is 0 Å². The van der Waals surface area contributed by atoms with E-state index in [-0.39, 0.29) is 48.0 Å². The van der Waals surface area contributed by atoms with Crippen molar-refractivity contribution >= 4 is 34.9 Å². The molecule has 3 amide bonds. The Balaban J connectivity index is 1.45. The van der Waals surface area contributed by atoms with E-state index in [1.165, 1.54) is 11.3 Å². The first-order chi connectivity index (χ1) is 15.7. The summed E-state index contributed by atoms with van der Waals surface area (Å²) in [6.07, 6.45) is 2.33. The van der Waals surface area contributed by atoms with Gasteiger partial charge in [0.05, 0.1) is 26.3 Å². The number of hydrogen-bond donors (Lipinski definition) is 4. The van der Waals surface area contributed by atoms with Crippen molar-refractivity contribution in [1.82, 2.24) is 15.5 Å². The molecule has 1 saturated heterocycles. The van der Waals surface area contributed by atoms with Crippen LogP contribution in [0.15, 0.2) is 11.4 Å². The summed E-state index contributed by atoms with van der Waals surface area (Å²) in [6, 6.07) is 1.28. The van der Waals surface area contributed by atoms with Crippen LogP contribution in [-0.4, -0.2) is 74.0 Å². The Morgan fingerprint density at radius 2 is 2.06 bits per heavy atom. The van der Waals surface area contributed by atoms with E-state index in [0.29, 0.717) is 44.8 Å². The van der Waals surface area contributed by atoms with Crippen molar-refractivity contribution in [3.05, 3.63) is 21.9 Å². The minimum absolute atomic E-state index is 0.00919. The Hall–Kier alpha value is -2.50. The number of hydrogen-bond acceptors (Lipinski definition) is 7. The minimum atomic E-state index is -0.542. The van der Waals surface area contributed by atoms with E-state index in [9.17, 15) is 14.4 Å². The van der Waals surface area contributed by atoms with Gasteiger partial charge in [0.2, 0.25) is 17.7 Å². The van der Waals surface area contributed by atoms with Gasteiger partial charge in [-0.25, -0.2) is 0 Å². The zero-order valence-electron chi connectivity index (χ0n) is 19.1. The molecule has 2 aliphatic rings. The number of amidine groups is 1. The number of amides is 3. The van der Waals surface area contributed by atoms with Crippen LogP contribution in [-0.2, 0) is 30.4 Å². The van der Waals surface area contributed by atoms with Crippen molar-refractivity contribution in [1.29, 1.82) is 5.41 Å². The Morgan fingerprint density at radius 1 is 1.27 bits per heavy atom. The molecule has 0 radical (unpaired) electrons. The number of ether oxygens (including phenoxy) is 2. The molecule has 10 nitrogen and oxygen atoms in total. The molecule has 1 saturated carbocycles. The lowest BCUT2D eigenvalue weighted by molar-refractivity contribution is -0.140. The molecular weight excluding hydrogens is 446 g/mol. The van der Waals surface area contributed by atoms with Gasteiger partial charge in [-0.05, 0) is 30.7 Å². The highest BCUT2D eigenvalue weighted by atomic mass is 32.1. The van der Waals surface area contributed by atoms with E-state index in [1.54, 1.807) is 23.5 Å². The molecule has 1 aliphatic carbocycles. The summed E-state index contributed by atoms with van der Waals surface area (Å²) >= 11 is 1.42. The van der Waals surface area contributed by atoms with Gasteiger partial charge in [0, 0.05) is 42.0 Å². The number of nitrogen functional groups attached to an aromatic ring is 1. The minimum Gasteiger partial charge on any atom is -0.384 e. The Kier molecular flexibility index (Phi) is 8.44. The van der Waals surface area contributed by atoms with E-state index in [0.717, 1.165) is 11.3 Å². The van der Waals surface area contributed by atoms with Gasteiger partial charge in [0.15, 0.2) is 0 Å². The third-order valence-electron chi connectivity index (χ3n) is 6.19. The average molecular weight is 480 g/mol. The lowest BCUT2D eigenvalue weighted by Crippen LogP contribution is -2.50. The molecule has 11 heteroatoms. The Morgan fingerprint density at radius 3 is 2.76 bits per heavy atom. The molecule has 1 unspecified atom stereocenters. The summed E-state index contributed by atoms with van der Waals surface area (Å²) in [7, 11) is 1.60. The molecule has 1 aliphatic heterocycles. The number of piperidine rings is 1. The summed E-state index contributed by atoms with van der Waals surface area (Å²) in [4.78, 5) is 40.4. The maximum absolute atomic E-state index is 12.9. The SMILES string of the molecule is COCCOCCCC(=O)NCC(=O)N1C2C[C@]2(C)C[C@H]1C(=O)NCc1cc(C(=N)N)cs1. The fraction of sp³-hybridized carbons (Fsp3) is 0.636. The van der Waals surface area contributed by atoms with E-state index in [1.807, 2.05) is 0 Å². The van der Waals surface area contributed by atoms with Crippen LogP contribution in [0.4, 0.5) is 0 Å². The van der Waals surface area contributed by atoms with Crippen molar-refractivity contribution in [3.63, 3.8) is 0 Å². The smallest absolute Gasteiger partial charge is 0.243 e. The number of carbonyl (C=O) groups is 3. The number of fused-ring (bicyclic) bond motifs is 1. The lowest BCUT2D eigenvalue weighted by Gasteiger charge is -2.27. The van der Waals surface area contributed by atoms with Gasteiger partial charge >= 0.3 is 0 Å². The molecule has 0 spiro atoms. The van der Waals surface area contributed by atoms with E-state index in [4.69, 9.17) is 20.6 Å². The van der Waals surface area contributed by atoms with E-state index in [2.05, 4.69) is 17.6 Å². The summed E-state index contributed by atoms with van der Waals surface area (Å²) in [5.41, 5.74) is 6.08. The van der Waals surface area contributed by atoms with Crippen LogP contribution < -0.4 is 16.4 Å². The first-order valence-electron chi connectivity index (χ1n) is 11.1. The third-order valence-corrected chi connectivity index (χ3v) is 7.13. The van der Waals surface area contributed by atoms with Crippen LogP contribution in [0.1, 0.15) is 43.0 Å². The van der Waals surface area contributed by atoms with Gasteiger partial charge in [-0.15, -0.1) is 11.3 Å². The maximum atomic E-state index is 12.9. The molecular formula is C22H33N5O5S. The molecule has 33 heavy (non-hydrogen) atoms. The summed E-state index contributed by atoms with van der Waals surface area (Å²) in [5, 5.41) is 14.8. The number of thiophene rings is 1. The zero-order valence-corrected chi connectivity index (χ0v) is 20.0. The predicted octanol–water partition coefficient (Wildman–Crippen LogP) is 0.587. The standard InChI is InChI=1S/C22H33N5O5S/c1-22-9-16(21(30)26-11-15-8-14(13-33-15)20(23)24)27(17(22)10-22)19(29)12-25-18(28)4-3-5-32-7-6-31-2/h8,13,16-17H,3-7,9-12H2,1-2H3,(H3,23,24)(H,25,28)(H,26,30)/t16-,17?,22-/m0/s1. The first kappa shape index (κ1) is 25.1. The van der Waals surface area contributed by atoms with Crippen molar-refractivity contribution in [2.24, 2.45) is 11.1 Å². The Labute approximate surface area is 197 Å². The number of nitrogens with two attached hydrogens (primary N) is 1. The van der Waals surface area contributed by atoms with Crippen LogP contribution in [0.2, 0.25) is 0 Å². The highest BCUT2D eigenvalue weighted by Crippen LogP contribution is 2.59. The quantitative estimate of drug-likeness (QED) is 0.185. The van der Waals surface area contributed by atoms with Gasteiger partial charge in [-0.3, -0.25) is 19.8 Å². The van der Waals surface area contributed by atoms with Crippen LogP contribution in [0.5, 0.6) is 0 Å². The van der Waals surface area contributed by atoms with Crippen molar-refractivity contribution in [2.75, 3.05) is 33.5 Å². The van der Waals surface area contributed by atoms with Gasteiger partial charge in [0.25, 0.3) is 0 Å². The normalized spacial score (nSPS) is 23.2. The second kappa shape index (κ2) is 11.1. The van der Waals surface area contributed by atoms with E-state index < -0.39 is 6.04 Å². The molecule has 2 fully saturated rings. The number of nitrogens with zero attached hydrogens (tertiary/aromatic N) is 1. The maximum Gasteiger partial charge on any atom is 0.243 e. The predicted molar refractivity (Wildman–Crippen MR) is 124 cm³/mol. The summed E-state index contributed by atoms with van der Waals surface area (Å²) < 4.78 is 10.2. The number of methoxy groups -OCH3 is 1. The molecule has 1 aromatic rings. The van der Waals surface area contributed by atoms with Crippen molar-refractivity contribution in [2.45, 2.75) is 51.2 Å². The number of carbonyl (C=O) groups excluding carboxylic acids is 3. The fourth-order valence-corrected chi connectivity index (χ4v) is 5.02. The monoisotopic (exact) mass is 479 g/mol. The topological polar surface area (TPSA) is 147 Å². The fourth-order valence-electron chi connectivity index (χ4n) is 4.20. The van der Waals surface area contributed by atoms with Crippen LogP contribution in [0.25, 0.3) is 0 Å². The largest absolute Gasteiger partial charge is 0.384 e. The Bertz CT molecular complexity index is 890. The van der Waals surface area contributed by atoms with Gasteiger partial charge in [-0.2, -0.15) is 0 Å². The molecule has 3 rings (SSSR count). The highest BCUT2D eigenvalue weighted by molar-refractivity contribution is 7.10. The zero-order chi connectivity index (χ0) is 24.0. The van der Waals surface area contributed by atoms with Crippen molar-refractivity contribution < 1.29 is 23.9 Å². The second-order valence-electron chi connectivity index (χ2n) is 8.81. The molecule has 0 bridgehead atoms. The molecule has 182 valence electrons. The van der Waals surface area contributed by atoms with Gasteiger partial charge in [-0.1, -0.05) is 6.92 Å². The summed E-state index contributed by atoms with van der Waals surface area (Å²) in [5.74, 6) is -0.656. The third kappa shape index (κ3) is 6.52. The first-order valence-corrected chi connectivity index (χ1v) is 12.0. The molecule has 3 atom stereocenters. The van der Waals surface area contributed by atoms with Gasteiger partial charge in [0.1, 0.15) is 11.9 Å². The molecule has 0 aromatic carbocycles. The number of nitrogens with one attached hydrogen (secondary N) is 3. The van der Waals surface area contributed by atoms with Crippen LogP contribution in [0.3, 0.4) is 0 Å². The number of likely N-dealkylation sites (tertiary alicyclic amines) is 1. The molecule has 1 aromatic heterocycles. The van der Waals surface area contributed by atoms with E-state index >= 15 is 0 Å².